The highest BCUT2D eigenvalue weighted by Gasteiger charge is 2.27. The zero-order chi connectivity index (χ0) is 56.7. The second-order valence-electron chi connectivity index (χ2n) is 22.4. The summed E-state index contributed by atoms with van der Waals surface area (Å²) in [6.07, 6.45) is 0. The van der Waals surface area contributed by atoms with Crippen LogP contribution in [-0.4, -0.2) is 9.13 Å². The van der Waals surface area contributed by atoms with E-state index in [1.54, 1.807) is 0 Å². The van der Waals surface area contributed by atoms with Gasteiger partial charge < -0.3 is 18.9 Å². The third-order valence-electron chi connectivity index (χ3n) is 17.6. The number of rotatable bonds is 10. The number of aromatic nitrogens is 2. The first-order valence-corrected chi connectivity index (χ1v) is 29.6. The number of benzene rings is 15. The normalized spacial score (nSPS) is 11.7. The smallest absolute Gasteiger partial charge is 0.0619 e. The van der Waals surface area contributed by atoms with E-state index < -0.39 is 0 Å². The minimum absolute atomic E-state index is 1.07. The molecular formula is C82H54N4. The monoisotopic (exact) mass is 1090 g/mol. The maximum absolute atomic E-state index is 2.50. The predicted molar refractivity (Wildman–Crippen MR) is 365 cm³/mol. The molecule has 0 atom stereocenters. The van der Waals surface area contributed by atoms with E-state index in [1.165, 1.54) is 65.3 Å². The SMILES string of the molecule is c1ccc(N(c2ccc3c(c2)c2cc(-c4cccc5ccccc45)ccc2n3-c2ccccc2)c2c3ccccc3c(N(c3ccccc3)c3ccc4c(c3)c3cc(-c5cccc6ccccc56)ccc3n4-c3ccccc3)c3ccccc23)cc1. The first kappa shape index (κ1) is 49.2. The van der Waals surface area contributed by atoms with Crippen LogP contribution in [0, 0.1) is 0 Å². The summed E-state index contributed by atoms with van der Waals surface area (Å²) in [4.78, 5) is 5.00. The topological polar surface area (TPSA) is 16.3 Å². The molecule has 0 amide bonds. The molecule has 0 bridgehead atoms. The molecule has 2 heterocycles. The van der Waals surface area contributed by atoms with Crippen molar-refractivity contribution in [2.24, 2.45) is 0 Å². The van der Waals surface area contributed by atoms with Crippen LogP contribution in [0.15, 0.2) is 328 Å². The largest absolute Gasteiger partial charge is 0.309 e. The summed E-state index contributed by atoms with van der Waals surface area (Å²) in [5.74, 6) is 0. The average Bonchev–Trinajstić information content (AvgIpc) is 1.57. The fraction of sp³-hybridized carbons (Fsp3) is 0. The van der Waals surface area contributed by atoms with Gasteiger partial charge >= 0.3 is 0 Å². The van der Waals surface area contributed by atoms with E-state index in [4.69, 9.17) is 0 Å². The Kier molecular flexibility index (Phi) is 11.5. The van der Waals surface area contributed by atoms with E-state index in [-0.39, 0.29) is 0 Å². The van der Waals surface area contributed by atoms with Gasteiger partial charge in [-0.3, -0.25) is 0 Å². The molecule has 17 rings (SSSR count). The molecule has 2 aromatic heterocycles. The summed E-state index contributed by atoms with van der Waals surface area (Å²) in [5.41, 5.74) is 18.2. The fourth-order valence-corrected chi connectivity index (χ4v) is 13.8. The molecule has 4 heteroatoms. The third-order valence-corrected chi connectivity index (χ3v) is 17.6. The molecule has 15 aromatic carbocycles. The van der Waals surface area contributed by atoms with Gasteiger partial charge in [0, 0.05) is 77.2 Å². The number of fused-ring (bicyclic) bond motifs is 10. The highest BCUT2D eigenvalue weighted by atomic mass is 15.2. The standard InChI is InChI=1S/C82H54N4/c1-5-27-59(28-6-1)83(63-45-49-79-75(53-63)73-51-57(67-41-21-25-55-23-13-15-35-65(55)67)43-47-77(73)85(79)61-31-9-3-10-32-61)81-69-37-17-19-39-71(69)82(72-40-20-18-38-70(72)81)84(60-29-7-2-8-30-60)64-46-50-80-76(54-64)74-52-58(68-42-22-26-56-24-14-16-36-66(56)68)44-48-78(74)86(80)62-33-11-4-12-34-62/h1-54H. The van der Waals surface area contributed by atoms with Crippen molar-refractivity contribution < 1.29 is 0 Å². The van der Waals surface area contributed by atoms with Crippen LogP contribution in [-0.2, 0) is 0 Å². The molecule has 0 spiro atoms. The van der Waals surface area contributed by atoms with Gasteiger partial charge in [-0.2, -0.15) is 0 Å². The number of anilines is 6. The van der Waals surface area contributed by atoms with Crippen LogP contribution in [0.1, 0.15) is 0 Å². The van der Waals surface area contributed by atoms with Gasteiger partial charge in [0.25, 0.3) is 0 Å². The van der Waals surface area contributed by atoms with Crippen LogP contribution < -0.4 is 9.80 Å². The lowest BCUT2D eigenvalue weighted by molar-refractivity contribution is 1.18. The third kappa shape index (κ3) is 7.92. The van der Waals surface area contributed by atoms with Gasteiger partial charge in [0.2, 0.25) is 0 Å². The van der Waals surface area contributed by atoms with Crippen molar-refractivity contribution in [2.45, 2.75) is 0 Å². The van der Waals surface area contributed by atoms with Crippen molar-refractivity contribution in [3.63, 3.8) is 0 Å². The van der Waals surface area contributed by atoms with Crippen molar-refractivity contribution in [1.29, 1.82) is 0 Å². The van der Waals surface area contributed by atoms with E-state index in [9.17, 15) is 0 Å². The van der Waals surface area contributed by atoms with Crippen LogP contribution in [0.2, 0.25) is 0 Å². The number of hydrogen-bond acceptors (Lipinski definition) is 2. The van der Waals surface area contributed by atoms with Crippen LogP contribution in [0.4, 0.5) is 34.1 Å². The second kappa shape index (κ2) is 20.2. The summed E-state index contributed by atoms with van der Waals surface area (Å²) >= 11 is 0. The van der Waals surface area contributed by atoms with Crippen molar-refractivity contribution in [1.82, 2.24) is 9.13 Å². The lowest BCUT2D eigenvalue weighted by Crippen LogP contribution is -2.14. The molecule has 0 saturated heterocycles. The molecule has 4 nitrogen and oxygen atoms in total. The summed E-state index contributed by atoms with van der Waals surface area (Å²) in [7, 11) is 0. The Morgan fingerprint density at radius 1 is 0.198 bits per heavy atom. The number of nitrogens with zero attached hydrogens (tertiary/aromatic N) is 4. The first-order chi connectivity index (χ1) is 42.7. The number of para-hydroxylation sites is 4. The quantitative estimate of drug-likeness (QED) is 0.100. The lowest BCUT2D eigenvalue weighted by Gasteiger charge is -2.33. The molecule has 0 aliphatic heterocycles. The molecule has 0 radical (unpaired) electrons. The van der Waals surface area contributed by atoms with E-state index in [2.05, 4.69) is 347 Å². The summed E-state index contributed by atoms with van der Waals surface area (Å²) < 4.78 is 4.85. The van der Waals surface area contributed by atoms with Gasteiger partial charge in [-0.15, -0.1) is 0 Å². The molecule has 0 saturated carbocycles. The van der Waals surface area contributed by atoms with Crippen LogP contribution in [0.5, 0.6) is 0 Å². The maximum Gasteiger partial charge on any atom is 0.0619 e. The predicted octanol–water partition coefficient (Wildman–Crippen LogP) is 22.8. The summed E-state index contributed by atoms with van der Waals surface area (Å²) in [6.45, 7) is 0. The van der Waals surface area contributed by atoms with Crippen LogP contribution in [0.25, 0.3) is 120 Å². The molecule has 0 aliphatic rings. The van der Waals surface area contributed by atoms with E-state index >= 15 is 0 Å². The highest BCUT2D eigenvalue weighted by molar-refractivity contribution is 6.24. The molecule has 86 heavy (non-hydrogen) atoms. The molecule has 402 valence electrons. The van der Waals surface area contributed by atoms with Gasteiger partial charge in [0.15, 0.2) is 0 Å². The zero-order valence-electron chi connectivity index (χ0n) is 47.0. The van der Waals surface area contributed by atoms with Crippen molar-refractivity contribution in [3.05, 3.63) is 328 Å². The van der Waals surface area contributed by atoms with Gasteiger partial charge in [0.05, 0.1) is 33.4 Å². The minimum Gasteiger partial charge on any atom is -0.309 e. The van der Waals surface area contributed by atoms with Crippen molar-refractivity contribution in [2.75, 3.05) is 9.80 Å². The lowest BCUT2D eigenvalue weighted by atomic mass is 9.95. The fourth-order valence-electron chi connectivity index (χ4n) is 13.8. The van der Waals surface area contributed by atoms with Crippen LogP contribution in [0.3, 0.4) is 0 Å². The van der Waals surface area contributed by atoms with Gasteiger partial charge in [-0.25, -0.2) is 0 Å². The van der Waals surface area contributed by atoms with Crippen molar-refractivity contribution in [3.8, 4) is 33.6 Å². The molecule has 0 unspecified atom stereocenters. The first-order valence-electron chi connectivity index (χ1n) is 29.6. The van der Waals surface area contributed by atoms with Gasteiger partial charge in [-0.1, -0.05) is 218 Å². The average molecular weight is 1100 g/mol. The van der Waals surface area contributed by atoms with Crippen LogP contribution >= 0.6 is 0 Å². The van der Waals surface area contributed by atoms with E-state index in [0.29, 0.717) is 0 Å². The Morgan fingerprint density at radius 3 is 0.884 bits per heavy atom. The Morgan fingerprint density at radius 2 is 0.500 bits per heavy atom. The minimum atomic E-state index is 1.07. The molecule has 0 aliphatic carbocycles. The molecular weight excluding hydrogens is 1040 g/mol. The van der Waals surface area contributed by atoms with E-state index in [1.807, 2.05) is 0 Å². The maximum atomic E-state index is 2.50. The Labute approximate surface area is 498 Å². The van der Waals surface area contributed by atoms with Gasteiger partial charge in [0.1, 0.15) is 0 Å². The molecule has 0 fully saturated rings. The zero-order valence-corrected chi connectivity index (χ0v) is 47.0. The second-order valence-corrected chi connectivity index (χ2v) is 22.4. The van der Waals surface area contributed by atoms with Crippen molar-refractivity contribution >= 4 is 121 Å². The highest BCUT2D eigenvalue weighted by Crippen LogP contribution is 2.52. The van der Waals surface area contributed by atoms with E-state index in [0.717, 1.165) is 89.1 Å². The molecule has 0 N–H and O–H groups in total. The molecule has 17 aromatic rings. The Balaban J connectivity index is 0.904. The summed E-state index contributed by atoms with van der Waals surface area (Å²) in [5, 5.41) is 14.2. The Hall–Kier alpha value is -11.5. The Bertz CT molecular complexity index is 5060. The number of hydrogen-bond donors (Lipinski definition) is 0. The summed E-state index contributed by atoms with van der Waals surface area (Å²) in [6, 6.07) is 120. The van der Waals surface area contributed by atoms with Gasteiger partial charge in [-0.05, 0) is 153 Å².